The van der Waals surface area contributed by atoms with Crippen molar-refractivity contribution >= 4 is 28.4 Å². The zero-order chi connectivity index (χ0) is 28.1. The molecule has 0 radical (unpaired) electrons. The Morgan fingerprint density at radius 3 is 2.77 bits per heavy atom. The van der Waals surface area contributed by atoms with Crippen LogP contribution in [0, 0.1) is 13.8 Å². The third-order valence-electron chi connectivity index (χ3n) is 6.76. The molecule has 0 fully saturated rings. The molecule has 0 aliphatic carbocycles. The smallest absolute Gasteiger partial charge is 0.439 e. The summed E-state index contributed by atoms with van der Waals surface area (Å²) in [7, 11) is 1.95. The van der Waals surface area contributed by atoms with Gasteiger partial charge in [0.2, 0.25) is 5.82 Å². The number of hydrogen-bond donors (Lipinski definition) is 1. The zero-order valence-electron chi connectivity index (χ0n) is 22.1. The Labute approximate surface area is 232 Å². The largest absolute Gasteiger partial charge is 0.488 e. The number of hydrogen-bond acceptors (Lipinski definition) is 10. The lowest BCUT2D eigenvalue weighted by Crippen LogP contribution is -2.29. The summed E-state index contributed by atoms with van der Waals surface area (Å²) in [6.45, 7) is 6.73. The summed E-state index contributed by atoms with van der Waals surface area (Å²) in [4.78, 5) is 38.4. The first-order valence-corrected chi connectivity index (χ1v) is 12.9. The summed E-state index contributed by atoms with van der Waals surface area (Å²) < 4.78 is 23.2. The van der Waals surface area contributed by atoms with E-state index in [-0.39, 0.29) is 22.1 Å². The van der Waals surface area contributed by atoms with Gasteiger partial charge in [-0.25, -0.2) is 14.8 Å². The number of ether oxygens (including phenoxy) is 2. The first kappa shape index (κ1) is 25.6. The molecule has 4 aromatic heterocycles. The van der Waals surface area contributed by atoms with Crippen molar-refractivity contribution in [2.24, 2.45) is 0 Å². The summed E-state index contributed by atoms with van der Waals surface area (Å²) in [6, 6.07) is 8.72. The van der Waals surface area contributed by atoms with Gasteiger partial charge in [0.1, 0.15) is 35.0 Å². The van der Waals surface area contributed by atoms with Gasteiger partial charge in [-0.3, -0.25) is 14.3 Å². The van der Waals surface area contributed by atoms with E-state index < -0.39 is 11.9 Å². The first-order chi connectivity index (χ1) is 19.2. The zero-order valence-corrected chi connectivity index (χ0v) is 22.8. The Balaban J connectivity index is 1.46. The molecule has 5 aromatic rings. The molecule has 0 unspecified atom stereocenters. The lowest BCUT2D eigenvalue weighted by molar-refractivity contribution is 0.227. The Bertz CT molecular complexity index is 1900. The minimum absolute atomic E-state index is 0.0704. The molecule has 0 saturated carbocycles. The van der Waals surface area contributed by atoms with E-state index in [0.29, 0.717) is 51.5 Å². The van der Waals surface area contributed by atoms with Crippen LogP contribution in [0.25, 0.3) is 33.8 Å². The van der Waals surface area contributed by atoms with Crippen LogP contribution in [-0.2, 0) is 0 Å². The minimum atomic E-state index is -0.737. The van der Waals surface area contributed by atoms with E-state index in [1.165, 1.54) is 0 Å². The SMILES string of the molecule is Cc1cc([C@@H](C)Oc2ccc(Cl)nc2-c2noc(=O)[nH]2)c2oc(-c3cnc4c(c3)OCCN4C)c(C)c(=O)c2c1. The monoisotopic (exact) mass is 561 g/mol. The summed E-state index contributed by atoms with van der Waals surface area (Å²) in [5.74, 6) is 1.39. The molecular formula is C28H24ClN5O6. The molecule has 5 heterocycles. The van der Waals surface area contributed by atoms with Crippen molar-refractivity contribution in [2.45, 2.75) is 26.9 Å². The predicted octanol–water partition coefficient (Wildman–Crippen LogP) is 4.83. The van der Waals surface area contributed by atoms with Gasteiger partial charge in [-0.15, -0.1) is 0 Å². The van der Waals surface area contributed by atoms with Crippen molar-refractivity contribution in [3.8, 4) is 34.3 Å². The molecule has 204 valence electrons. The summed E-state index contributed by atoms with van der Waals surface area (Å²) in [5.41, 5.74) is 3.03. The number of aromatic amines is 1. The van der Waals surface area contributed by atoms with E-state index in [0.717, 1.165) is 17.9 Å². The molecule has 11 nitrogen and oxygen atoms in total. The van der Waals surface area contributed by atoms with E-state index >= 15 is 0 Å². The average molecular weight is 562 g/mol. The quantitative estimate of drug-likeness (QED) is 0.297. The molecule has 12 heteroatoms. The van der Waals surface area contributed by atoms with E-state index in [1.54, 1.807) is 31.3 Å². The molecule has 1 aliphatic rings. The Morgan fingerprint density at radius 1 is 1.18 bits per heavy atom. The van der Waals surface area contributed by atoms with Gasteiger partial charge in [0.15, 0.2) is 22.7 Å². The van der Waals surface area contributed by atoms with Gasteiger partial charge in [0.05, 0.1) is 11.9 Å². The number of H-pyrrole nitrogens is 1. The molecule has 40 heavy (non-hydrogen) atoms. The topological polar surface area (TPSA) is 137 Å². The Morgan fingerprint density at radius 2 is 2.00 bits per heavy atom. The van der Waals surface area contributed by atoms with E-state index in [1.807, 2.05) is 37.9 Å². The number of benzene rings is 1. The van der Waals surface area contributed by atoms with Crippen LogP contribution in [0.2, 0.25) is 5.15 Å². The Kier molecular flexibility index (Phi) is 6.30. The van der Waals surface area contributed by atoms with Crippen LogP contribution < -0.4 is 25.6 Å². The lowest BCUT2D eigenvalue weighted by atomic mass is 10.00. The lowest BCUT2D eigenvalue weighted by Gasteiger charge is -2.26. The van der Waals surface area contributed by atoms with Crippen LogP contribution in [0.1, 0.15) is 29.7 Å². The van der Waals surface area contributed by atoms with Crippen molar-refractivity contribution in [3.63, 3.8) is 0 Å². The van der Waals surface area contributed by atoms with Gasteiger partial charge >= 0.3 is 5.76 Å². The highest BCUT2D eigenvalue weighted by atomic mass is 35.5. The van der Waals surface area contributed by atoms with Crippen LogP contribution in [0.15, 0.2) is 55.1 Å². The number of nitrogens with zero attached hydrogens (tertiary/aromatic N) is 4. The van der Waals surface area contributed by atoms with Crippen LogP contribution in [-0.4, -0.2) is 40.3 Å². The highest BCUT2D eigenvalue weighted by Crippen LogP contribution is 2.37. The van der Waals surface area contributed by atoms with Crippen molar-refractivity contribution in [1.82, 2.24) is 20.1 Å². The summed E-state index contributed by atoms with van der Waals surface area (Å²) in [6.07, 6.45) is 1.07. The molecule has 0 amide bonds. The van der Waals surface area contributed by atoms with Gasteiger partial charge in [-0.1, -0.05) is 16.8 Å². The number of fused-ring (bicyclic) bond motifs is 2. The number of aryl methyl sites for hydroxylation is 1. The van der Waals surface area contributed by atoms with Crippen molar-refractivity contribution in [3.05, 3.63) is 79.1 Å². The van der Waals surface area contributed by atoms with Crippen molar-refractivity contribution in [2.75, 3.05) is 25.1 Å². The van der Waals surface area contributed by atoms with Crippen molar-refractivity contribution in [1.29, 1.82) is 0 Å². The van der Waals surface area contributed by atoms with E-state index in [2.05, 4.69) is 24.6 Å². The molecule has 1 aromatic carbocycles. The van der Waals surface area contributed by atoms with E-state index in [9.17, 15) is 9.59 Å². The molecule has 0 spiro atoms. The molecule has 1 aliphatic heterocycles. The van der Waals surface area contributed by atoms with Crippen molar-refractivity contribution < 1.29 is 18.4 Å². The van der Waals surface area contributed by atoms with Gasteiger partial charge in [-0.2, -0.15) is 0 Å². The van der Waals surface area contributed by atoms with Crippen LogP contribution in [0.3, 0.4) is 0 Å². The fourth-order valence-corrected chi connectivity index (χ4v) is 4.92. The minimum Gasteiger partial charge on any atom is -0.488 e. The molecule has 0 saturated heterocycles. The molecule has 1 atom stereocenters. The number of nitrogens with one attached hydrogen (secondary N) is 1. The maximum atomic E-state index is 13.6. The maximum absolute atomic E-state index is 13.6. The number of rotatable bonds is 5. The Hall–Kier alpha value is -4.64. The molecular weight excluding hydrogens is 538 g/mol. The van der Waals surface area contributed by atoms with Crippen LogP contribution in [0.5, 0.6) is 11.5 Å². The second-order valence-electron chi connectivity index (χ2n) is 9.62. The van der Waals surface area contributed by atoms with Gasteiger partial charge in [0.25, 0.3) is 0 Å². The average Bonchev–Trinajstić information content (AvgIpc) is 3.37. The van der Waals surface area contributed by atoms with Gasteiger partial charge in [0, 0.05) is 29.9 Å². The highest BCUT2D eigenvalue weighted by molar-refractivity contribution is 6.29. The standard InChI is InChI=1S/C28H24ClN5O6/c1-13-9-17(15(3)38-19-5-6-21(29)31-22(19)26-32-28(36)40-33-26)25-18(10-13)23(35)14(2)24(39-25)16-11-20-27(30-12-16)34(4)7-8-37-20/h5-6,9-12,15H,7-8H2,1-4H3,(H,32,33,36)/t15-/m1/s1. The third kappa shape index (κ3) is 4.47. The van der Waals surface area contributed by atoms with E-state index in [4.69, 9.17) is 25.5 Å². The summed E-state index contributed by atoms with van der Waals surface area (Å²) >= 11 is 6.10. The third-order valence-corrected chi connectivity index (χ3v) is 6.97. The number of likely N-dealkylation sites (N-methyl/N-ethyl adjacent to an activating group) is 1. The number of anilines is 1. The van der Waals surface area contributed by atoms with Gasteiger partial charge < -0.3 is 18.8 Å². The normalized spacial score (nSPS) is 13.7. The number of halogens is 1. The number of pyridine rings is 2. The summed E-state index contributed by atoms with van der Waals surface area (Å²) in [5, 5.41) is 4.32. The highest BCUT2D eigenvalue weighted by Gasteiger charge is 2.24. The predicted molar refractivity (Wildman–Crippen MR) is 148 cm³/mol. The number of aromatic nitrogens is 4. The second-order valence-corrected chi connectivity index (χ2v) is 10.0. The molecule has 0 bridgehead atoms. The molecule has 6 rings (SSSR count). The van der Waals surface area contributed by atoms with Crippen LogP contribution in [0.4, 0.5) is 5.82 Å². The fourth-order valence-electron chi connectivity index (χ4n) is 4.77. The first-order valence-electron chi connectivity index (χ1n) is 12.5. The van der Waals surface area contributed by atoms with Gasteiger partial charge in [-0.05, 0) is 56.7 Å². The second kappa shape index (κ2) is 9.83. The molecule has 1 N–H and O–H groups in total. The fraction of sp³-hybridized carbons (Fsp3) is 0.250. The maximum Gasteiger partial charge on any atom is 0.439 e. The van der Waals surface area contributed by atoms with Crippen LogP contribution >= 0.6 is 11.6 Å².